The predicted octanol–water partition coefficient (Wildman–Crippen LogP) is 1.22. The van der Waals surface area contributed by atoms with Crippen LogP contribution in [-0.2, 0) is 4.84 Å². The van der Waals surface area contributed by atoms with E-state index in [1.807, 2.05) is 0 Å². The lowest BCUT2D eigenvalue weighted by atomic mass is 10.1. The van der Waals surface area contributed by atoms with Crippen molar-refractivity contribution in [2.75, 3.05) is 45.2 Å². The van der Waals surface area contributed by atoms with Gasteiger partial charge in [0.15, 0.2) is 13.4 Å². The van der Waals surface area contributed by atoms with E-state index in [1.165, 1.54) is 7.11 Å². The molecule has 6 heteroatoms. The molecule has 1 aromatic rings. The van der Waals surface area contributed by atoms with E-state index in [1.54, 1.807) is 18.2 Å². The molecule has 2 rings (SSSR count). The molecule has 0 bridgehead atoms. The van der Waals surface area contributed by atoms with Crippen LogP contribution in [0.3, 0.4) is 0 Å². The number of hydrogen-bond donors (Lipinski definition) is 0. The summed E-state index contributed by atoms with van der Waals surface area (Å²) in [6, 6.07) is 5.02. The van der Waals surface area contributed by atoms with Gasteiger partial charge in [-0.1, -0.05) is 0 Å². The number of piperazine rings is 1. The largest absolute Gasteiger partial charge is 0.368 e. The van der Waals surface area contributed by atoms with Crippen LogP contribution < -0.4 is 4.90 Å². The molecule has 1 aliphatic rings. The summed E-state index contributed by atoms with van der Waals surface area (Å²) in [4.78, 5) is 31.9. The van der Waals surface area contributed by atoms with Crippen molar-refractivity contribution in [2.45, 2.75) is 0 Å². The van der Waals surface area contributed by atoms with Crippen LogP contribution in [0.5, 0.6) is 0 Å². The van der Waals surface area contributed by atoms with Crippen LogP contribution in [0.1, 0.15) is 10.4 Å². The number of nitrogens with zero attached hydrogens (tertiary/aromatic N) is 3. The summed E-state index contributed by atoms with van der Waals surface area (Å²) in [5, 5.41) is 0. The molecule has 0 amide bonds. The lowest BCUT2D eigenvalue weighted by molar-refractivity contribution is -0.736. The van der Waals surface area contributed by atoms with E-state index in [9.17, 15) is 9.70 Å². The van der Waals surface area contributed by atoms with E-state index in [4.69, 9.17) is 0 Å². The van der Waals surface area contributed by atoms with Crippen molar-refractivity contribution >= 4 is 17.7 Å². The average molecular weight is 264 g/mol. The molecule has 19 heavy (non-hydrogen) atoms. The van der Waals surface area contributed by atoms with Crippen molar-refractivity contribution in [3.05, 3.63) is 28.7 Å². The third-order valence-electron chi connectivity index (χ3n) is 3.36. The molecular formula is C13H18N3O3+. The Balaban J connectivity index is 2.26. The minimum atomic E-state index is 0.322. The third kappa shape index (κ3) is 2.90. The highest BCUT2D eigenvalue weighted by atomic mass is 16.8. The number of aldehydes is 1. The zero-order valence-corrected chi connectivity index (χ0v) is 11.2. The fraction of sp³-hybridized carbons (Fsp3) is 0.462. The summed E-state index contributed by atoms with van der Waals surface area (Å²) >= 11 is 0. The second-order valence-corrected chi connectivity index (χ2v) is 4.59. The Labute approximate surface area is 112 Å². The van der Waals surface area contributed by atoms with Crippen molar-refractivity contribution in [3.8, 4) is 0 Å². The number of carbonyl (C=O) groups is 1. The van der Waals surface area contributed by atoms with Gasteiger partial charge in [-0.2, -0.15) is 0 Å². The highest BCUT2D eigenvalue weighted by Crippen LogP contribution is 2.25. The molecule has 0 unspecified atom stereocenters. The van der Waals surface area contributed by atoms with Gasteiger partial charge in [-0.15, -0.1) is 0 Å². The van der Waals surface area contributed by atoms with Crippen LogP contribution in [0.4, 0.5) is 11.4 Å². The number of hydrogen-bond acceptors (Lipinski definition) is 5. The van der Waals surface area contributed by atoms with Crippen LogP contribution in [0, 0.1) is 4.91 Å². The Hall–Kier alpha value is -1.95. The standard InChI is InChI=1S/C13H18N3O3/c1-14-5-7-15(8-6-14)13-4-3-12(16(18)19-2)9-11(13)10-17/h3-4,9-10H,5-8H2,1-2H3/q+1. The zero-order chi connectivity index (χ0) is 13.8. The van der Waals surface area contributed by atoms with Gasteiger partial charge in [0.1, 0.15) is 0 Å². The second kappa shape index (κ2) is 5.79. The number of carbonyl (C=O) groups excluding carboxylic acids is 1. The molecule has 1 heterocycles. The van der Waals surface area contributed by atoms with E-state index >= 15 is 0 Å². The molecule has 0 N–H and O–H groups in total. The van der Waals surface area contributed by atoms with Crippen molar-refractivity contribution in [2.24, 2.45) is 0 Å². The van der Waals surface area contributed by atoms with Gasteiger partial charge in [-0.3, -0.25) is 4.79 Å². The van der Waals surface area contributed by atoms with Crippen LogP contribution in [0.25, 0.3) is 0 Å². The molecule has 1 aromatic carbocycles. The van der Waals surface area contributed by atoms with E-state index in [0.29, 0.717) is 16.2 Å². The number of likely N-dealkylation sites (N-methyl/N-ethyl adjacent to an activating group) is 1. The Morgan fingerprint density at radius 3 is 2.53 bits per heavy atom. The molecule has 1 saturated heterocycles. The van der Waals surface area contributed by atoms with E-state index in [0.717, 1.165) is 38.2 Å². The topological polar surface area (TPSA) is 52.9 Å². The minimum Gasteiger partial charge on any atom is -0.368 e. The molecule has 102 valence electrons. The maximum Gasteiger partial charge on any atom is 0.317 e. The Morgan fingerprint density at radius 1 is 1.26 bits per heavy atom. The van der Waals surface area contributed by atoms with Crippen LogP contribution in [0.15, 0.2) is 18.2 Å². The fourth-order valence-electron chi connectivity index (χ4n) is 2.19. The van der Waals surface area contributed by atoms with Gasteiger partial charge >= 0.3 is 5.69 Å². The summed E-state index contributed by atoms with van der Waals surface area (Å²) in [5.74, 6) is 0. The number of benzene rings is 1. The van der Waals surface area contributed by atoms with E-state index < -0.39 is 0 Å². The molecule has 1 fully saturated rings. The van der Waals surface area contributed by atoms with E-state index in [2.05, 4.69) is 21.7 Å². The quantitative estimate of drug-likeness (QED) is 0.604. The lowest BCUT2D eigenvalue weighted by Crippen LogP contribution is -2.44. The molecule has 0 radical (unpaired) electrons. The fourth-order valence-corrected chi connectivity index (χ4v) is 2.19. The summed E-state index contributed by atoms with van der Waals surface area (Å²) < 4.78 is 0. The molecule has 0 aromatic heterocycles. The maximum absolute atomic E-state index is 11.4. The Morgan fingerprint density at radius 2 is 1.95 bits per heavy atom. The summed E-state index contributed by atoms with van der Waals surface area (Å²) in [5.41, 5.74) is 1.71. The summed E-state index contributed by atoms with van der Waals surface area (Å²) in [6.07, 6.45) is 0.778. The molecule has 6 nitrogen and oxygen atoms in total. The Bertz CT molecular complexity index is 482. The third-order valence-corrected chi connectivity index (χ3v) is 3.36. The van der Waals surface area contributed by atoms with Gasteiger partial charge in [-0.25, -0.2) is 4.84 Å². The summed E-state index contributed by atoms with van der Waals surface area (Å²) in [6.45, 7) is 3.68. The number of rotatable bonds is 4. The van der Waals surface area contributed by atoms with Crippen LogP contribution >= 0.6 is 0 Å². The van der Waals surface area contributed by atoms with Gasteiger partial charge in [0.05, 0.1) is 4.91 Å². The first-order valence-electron chi connectivity index (χ1n) is 6.20. The zero-order valence-electron chi connectivity index (χ0n) is 11.2. The predicted molar refractivity (Wildman–Crippen MR) is 71.8 cm³/mol. The lowest BCUT2D eigenvalue weighted by Gasteiger charge is -2.34. The molecule has 0 atom stereocenters. The monoisotopic (exact) mass is 264 g/mol. The smallest absolute Gasteiger partial charge is 0.317 e. The molecule has 0 spiro atoms. The molecule has 1 aliphatic heterocycles. The van der Waals surface area contributed by atoms with Crippen molar-refractivity contribution < 1.29 is 14.6 Å². The number of anilines is 1. The van der Waals surface area contributed by atoms with Crippen molar-refractivity contribution in [1.29, 1.82) is 0 Å². The normalized spacial score (nSPS) is 16.2. The highest BCUT2D eigenvalue weighted by molar-refractivity contribution is 5.86. The van der Waals surface area contributed by atoms with Crippen LogP contribution in [0.2, 0.25) is 0 Å². The Kier molecular flexibility index (Phi) is 4.11. The van der Waals surface area contributed by atoms with Gasteiger partial charge in [-0.05, 0) is 13.1 Å². The maximum atomic E-state index is 11.4. The van der Waals surface area contributed by atoms with Crippen molar-refractivity contribution in [3.63, 3.8) is 0 Å². The van der Waals surface area contributed by atoms with E-state index in [-0.39, 0.29) is 0 Å². The molecule has 0 saturated carbocycles. The average Bonchev–Trinajstić information content (AvgIpc) is 2.46. The van der Waals surface area contributed by atoms with Gasteiger partial charge < -0.3 is 9.80 Å². The second-order valence-electron chi connectivity index (χ2n) is 4.59. The first kappa shape index (κ1) is 13.5. The molecule has 0 aliphatic carbocycles. The van der Waals surface area contributed by atoms with Gasteiger partial charge in [0.2, 0.25) is 0 Å². The van der Waals surface area contributed by atoms with Gasteiger partial charge in [0.25, 0.3) is 4.92 Å². The minimum absolute atomic E-state index is 0.322. The SMILES string of the molecule is CO[N+](=O)c1ccc(N2CCN(C)CC2)c(C=O)c1. The first-order chi connectivity index (χ1) is 9.15. The van der Waals surface area contributed by atoms with Gasteiger partial charge in [0, 0.05) is 49.6 Å². The molecular weight excluding hydrogens is 246 g/mol. The van der Waals surface area contributed by atoms with Crippen LogP contribution in [-0.4, -0.2) is 56.4 Å². The summed E-state index contributed by atoms with van der Waals surface area (Å²) in [7, 11) is 3.37. The first-order valence-corrected chi connectivity index (χ1v) is 6.20. The highest BCUT2D eigenvalue weighted by Gasteiger charge is 2.21. The van der Waals surface area contributed by atoms with Crippen molar-refractivity contribution in [1.82, 2.24) is 4.90 Å².